The van der Waals surface area contributed by atoms with Crippen molar-refractivity contribution in [3.63, 3.8) is 0 Å². The second kappa shape index (κ2) is 11.2. The summed E-state index contributed by atoms with van der Waals surface area (Å²) in [6.07, 6.45) is 1.55. The van der Waals surface area contributed by atoms with Crippen LogP contribution >= 0.6 is 11.6 Å². The Balaban J connectivity index is 1.42. The summed E-state index contributed by atoms with van der Waals surface area (Å²) in [6.45, 7) is 6.30. The molecule has 3 aromatic carbocycles. The zero-order valence-electron chi connectivity index (χ0n) is 19.4. The number of hydrogen-bond donors (Lipinski definition) is 2. The molecule has 1 aliphatic heterocycles. The first kappa shape index (κ1) is 24.5. The fraction of sp³-hybridized carbons (Fsp3) is 0.269. The van der Waals surface area contributed by atoms with E-state index < -0.39 is 5.91 Å². The van der Waals surface area contributed by atoms with Gasteiger partial charge in [0.25, 0.3) is 11.8 Å². The average Bonchev–Trinajstić information content (AvgIpc) is 2.89. The predicted molar refractivity (Wildman–Crippen MR) is 136 cm³/mol. The van der Waals surface area contributed by atoms with Crippen molar-refractivity contribution < 1.29 is 19.4 Å². The number of piperazine rings is 1. The predicted octanol–water partition coefficient (Wildman–Crippen LogP) is 3.51. The van der Waals surface area contributed by atoms with E-state index in [1.165, 1.54) is 18.2 Å². The summed E-state index contributed by atoms with van der Waals surface area (Å²) in [6, 6.07) is 15.5. The first-order chi connectivity index (χ1) is 17.0. The number of nitrogens with zero attached hydrogens (tertiary/aromatic N) is 3. The Bertz CT molecular complexity index is 1260. The third-order valence-corrected chi connectivity index (χ3v) is 6.32. The van der Waals surface area contributed by atoms with Gasteiger partial charge in [-0.3, -0.25) is 9.59 Å². The first-order valence-electron chi connectivity index (χ1n) is 11.4. The van der Waals surface area contributed by atoms with Gasteiger partial charge in [0.1, 0.15) is 11.5 Å². The molecule has 8 nitrogen and oxygen atoms in total. The molecule has 0 atom stereocenters. The summed E-state index contributed by atoms with van der Waals surface area (Å²) in [5, 5.41) is 15.4. The molecule has 1 heterocycles. The molecule has 0 radical (unpaired) electrons. The molecule has 1 saturated heterocycles. The van der Waals surface area contributed by atoms with Gasteiger partial charge in [0.15, 0.2) is 6.61 Å². The van der Waals surface area contributed by atoms with Crippen LogP contribution in [-0.4, -0.2) is 72.3 Å². The number of benzene rings is 3. The van der Waals surface area contributed by atoms with Crippen LogP contribution in [0.5, 0.6) is 11.5 Å². The summed E-state index contributed by atoms with van der Waals surface area (Å²) in [7, 11) is 0. The maximum Gasteiger partial charge on any atom is 0.271 e. The van der Waals surface area contributed by atoms with E-state index >= 15 is 0 Å². The van der Waals surface area contributed by atoms with E-state index in [0.29, 0.717) is 18.8 Å². The molecule has 182 valence electrons. The topological polar surface area (TPSA) is 94.5 Å². The summed E-state index contributed by atoms with van der Waals surface area (Å²) < 4.78 is 5.91. The van der Waals surface area contributed by atoms with Crippen molar-refractivity contribution in [3.8, 4) is 11.5 Å². The van der Waals surface area contributed by atoms with E-state index in [4.69, 9.17) is 16.3 Å². The lowest BCUT2D eigenvalue weighted by Gasteiger charge is -2.34. The van der Waals surface area contributed by atoms with Crippen LogP contribution in [-0.2, 0) is 4.79 Å². The van der Waals surface area contributed by atoms with Gasteiger partial charge in [0.05, 0.1) is 11.2 Å². The lowest BCUT2D eigenvalue weighted by molar-refractivity contribution is -0.135. The van der Waals surface area contributed by atoms with Crippen LogP contribution in [0.1, 0.15) is 22.8 Å². The highest BCUT2D eigenvalue weighted by atomic mass is 35.5. The fourth-order valence-electron chi connectivity index (χ4n) is 3.95. The molecule has 2 amide bonds. The van der Waals surface area contributed by atoms with Crippen LogP contribution in [0.25, 0.3) is 10.8 Å². The number of carbonyl (C=O) groups is 2. The van der Waals surface area contributed by atoms with Gasteiger partial charge in [-0.05, 0) is 42.3 Å². The van der Waals surface area contributed by atoms with Crippen LogP contribution in [0.3, 0.4) is 0 Å². The van der Waals surface area contributed by atoms with Gasteiger partial charge in [0.2, 0.25) is 0 Å². The zero-order valence-corrected chi connectivity index (χ0v) is 20.2. The molecule has 35 heavy (non-hydrogen) atoms. The molecule has 0 spiro atoms. The highest BCUT2D eigenvalue weighted by molar-refractivity contribution is 6.32. The van der Waals surface area contributed by atoms with Gasteiger partial charge in [-0.2, -0.15) is 5.10 Å². The number of amides is 2. The van der Waals surface area contributed by atoms with Crippen molar-refractivity contribution in [2.75, 3.05) is 39.3 Å². The third-order valence-electron chi connectivity index (χ3n) is 6.02. The lowest BCUT2D eigenvalue weighted by Crippen LogP contribution is -2.49. The molecule has 0 aromatic heterocycles. The minimum absolute atomic E-state index is 0.0190. The molecular weight excluding hydrogens is 468 g/mol. The Hall–Kier alpha value is -3.62. The number of fused-ring (bicyclic) bond motifs is 1. The Kier molecular flexibility index (Phi) is 7.84. The number of likely N-dealkylation sites (N-methyl/N-ethyl adjacent to an activating group) is 1. The van der Waals surface area contributed by atoms with Crippen molar-refractivity contribution in [1.82, 2.24) is 15.2 Å². The number of phenolic OH excluding ortho intramolecular Hbond substituents is 1. The molecule has 0 aliphatic carbocycles. The Morgan fingerprint density at radius 3 is 2.54 bits per heavy atom. The minimum Gasteiger partial charge on any atom is -0.506 e. The number of hydrogen-bond acceptors (Lipinski definition) is 6. The van der Waals surface area contributed by atoms with Gasteiger partial charge < -0.3 is 19.6 Å². The van der Waals surface area contributed by atoms with Gasteiger partial charge >= 0.3 is 0 Å². The average molecular weight is 495 g/mol. The largest absolute Gasteiger partial charge is 0.506 e. The molecule has 0 unspecified atom stereocenters. The normalized spacial score (nSPS) is 14.4. The summed E-state index contributed by atoms with van der Waals surface area (Å²) >= 11 is 5.86. The number of aromatic hydroxyl groups is 1. The van der Waals surface area contributed by atoms with E-state index in [0.717, 1.165) is 36.0 Å². The highest BCUT2D eigenvalue weighted by Crippen LogP contribution is 2.28. The smallest absolute Gasteiger partial charge is 0.271 e. The van der Waals surface area contributed by atoms with Crippen LogP contribution in [0.15, 0.2) is 59.7 Å². The van der Waals surface area contributed by atoms with Gasteiger partial charge in [-0.15, -0.1) is 0 Å². The van der Waals surface area contributed by atoms with E-state index in [1.54, 1.807) is 12.3 Å². The number of rotatable bonds is 7. The monoisotopic (exact) mass is 494 g/mol. The molecule has 0 saturated carbocycles. The molecule has 4 rings (SSSR count). The van der Waals surface area contributed by atoms with Crippen molar-refractivity contribution in [1.29, 1.82) is 0 Å². The molecule has 0 bridgehead atoms. The van der Waals surface area contributed by atoms with Crippen LogP contribution < -0.4 is 10.2 Å². The van der Waals surface area contributed by atoms with Gasteiger partial charge in [0, 0.05) is 42.7 Å². The molecule has 1 fully saturated rings. The number of halogens is 1. The summed E-state index contributed by atoms with van der Waals surface area (Å²) in [5.41, 5.74) is 3.52. The fourth-order valence-corrected chi connectivity index (χ4v) is 4.13. The summed E-state index contributed by atoms with van der Waals surface area (Å²) in [5.74, 6) is 0.0422. The molecule has 9 heteroatoms. The summed E-state index contributed by atoms with van der Waals surface area (Å²) in [4.78, 5) is 29.1. The molecular formula is C26H27ClN4O4. The maximum atomic E-state index is 12.6. The second-order valence-electron chi connectivity index (χ2n) is 8.17. The molecule has 3 aromatic rings. The van der Waals surface area contributed by atoms with Crippen molar-refractivity contribution >= 4 is 40.4 Å². The van der Waals surface area contributed by atoms with E-state index in [2.05, 4.69) is 22.4 Å². The molecule has 2 N–H and O–H groups in total. The zero-order chi connectivity index (χ0) is 24.8. The number of ether oxygens (including phenoxy) is 1. The quantitative estimate of drug-likeness (QED) is 0.387. The maximum absolute atomic E-state index is 12.6. The van der Waals surface area contributed by atoms with E-state index in [9.17, 15) is 14.7 Å². The molecule has 1 aliphatic rings. The Labute approximate surface area is 208 Å². The first-order valence-corrected chi connectivity index (χ1v) is 11.8. The SMILES string of the molecule is CCN1CCN(C(=O)COc2ccc(/C=N/NC(=O)c3ccc(O)c(Cl)c3)c3ccccc23)CC1. The van der Waals surface area contributed by atoms with Crippen molar-refractivity contribution in [2.24, 2.45) is 5.10 Å². The Morgan fingerprint density at radius 1 is 1.09 bits per heavy atom. The van der Waals surface area contributed by atoms with Crippen molar-refractivity contribution in [3.05, 3.63) is 70.7 Å². The number of hydrazone groups is 1. The number of carbonyl (C=O) groups excluding carboxylic acids is 2. The Morgan fingerprint density at radius 2 is 1.83 bits per heavy atom. The van der Waals surface area contributed by atoms with E-state index in [-0.39, 0.29) is 28.8 Å². The second-order valence-corrected chi connectivity index (χ2v) is 8.57. The van der Waals surface area contributed by atoms with Crippen LogP contribution in [0.2, 0.25) is 5.02 Å². The third kappa shape index (κ3) is 5.90. The number of nitrogens with one attached hydrogen (secondary N) is 1. The van der Waals surface area contributed by atoms with Gasteiger partial charge in [-0.1, -0.05) is 42.8 Å². The van der Waals surface area contributed by atoms with Gasteiger partial charge in [-0.25, -0.2) is 5.43 Å². The highest BCUT2D eigenvalue weighted by Gasteiger charge is 2.20. The lowest BCUT2D eigenvalue weighted by atomic mass is 10.0. The van der Waals surface area contributed by atoms with Crippen LogP contribution in [0.4, 0.5) is 0 Å². The van der Waals surface area contributed by atoms with Crippen molar-refractivity contribution in [2.45, 2.75) is 6.92 Å². The number of phenols is 1. The van der Waals surface area contributed by atoms with E-state index in [1.807, 2.05) is 35.2 Å². The standard InChI is InChI=1S/C26H27ClN4O4/c1-2-30-11-13-31(14-12-30)25(33)17-35-24-10-8-19(20-5-3-4-6-21(20)24)16-28-29-26(34)18-7-9-23(32)22(27)15-18/h3-10,15-16,32H,2,11-14,17H2,1H3,(H,29,34)/b28-16+. The minimum atomic E-state index is -0.453. The van der Waals surface area contributed by atoms with Crippen LogP contribution in [0, 0.1) is 0 Å².